The molecule has 0 bridgehead atoms. The molecule has 126 valence electrons. The van der Waals surface area contributed by atoms with Crippen molar-refractivity contribution in [2.45, 2.75) is 19.4 Å². The van der Waals surface area contributed by atoms with Gasteiger partial charge in [-0.25, -0.2) is 4.79 Å². The topological polar surface area (TPSA) is 35.6 Å². The number of benzene rings is 2. The summed E-state index contributed by atoms with van der Waals surface area (Å²) in [6, 6.07) is 15.0. The van der Waals surface area contributed by atoms with Crippen molar-refractivity contribution in [3.8, 4) is 0 Å². The van der Waals surface area contributed by atoms with E-state index in [1.54, 1.807) is 15.9 Å². The zero-order valence-corrected chi connectivity index (χ0v) is 15.1. The zero-order chi connectivity index (χ0) is 17.3. The van der Waals surface area contributed by atoms with Crippen LogP contribution >= 0.6 is 23.2 Å². The standard InChI is InChI=1S/C18H19Cl2N3O/c1-18(2,13-8-14(19)10-15(20)9-13)23-12-21-11-22(17(23)24)16-6-4-3-5-7-16/h3-10,21H,11-12H2,1-2H3. The van der Waals surface area contributed by atoms with E-state index in [9.17, 15) is 4.79 Å². The first-order chi connectivity index (χ1) is 11.4. The molecule has 1 saturated heterocycles. The molecule has 1 aliphatic heterocycles. The van der Waals surface area contributed by atoms with E-state index in [0.717, 1.165) is 11.3 Å². The molecule has 4 nitrogen and oxygen atoms in total. The molecule has 1 heterocycles. The summed E-state index contributed by atoms with van der Waals surface area (Å²) in [5.74, 6) is 0. The highest BCUT2D eigenvalue weighted by Gasteiger charge is 2.38. The number of nitrogens with one attached hydrogen (secondary N) is 1. The number of halogens is 2. The summed E-state index contributed by atoms with van der Waals surface area (Å²) in [5.41, 5.74) is 1.19. The third-order valence-corrected chi connectivity index (χ3v) is 4.75. The second kappa shape index (κ2) is 6.63. The maximum Gasteiger partial charge on any atom is 0.327 e. The van der Waals surface area contributed by atoms with Crippen molar-refractivity contribution in [2.24, 2.45) is 0 Å². The van der Waals surface area contributed by atoms with E-state index in [1.807, 2.05) is 56.3 Å². The minimum atomic E-state index is -0.563. The van der Waals surface area contributed by atoms with Crippen LogP contribution in [-0.2, 0) is 5.54 Å². The molecule has 0 aliphatic carbocycles. The van der Waals surface area contributed by atoms with E-state index in [2.05, 4.69) is 5.32 Å². The average molecular weight is 364 g/mol. The van der Waals surface area contributed by atoms with Gasteiger partial charge in [0.05, 0.1) is 18.9 Å². The molecule has 0 radical (unpaired) electrons. The van der Waals surface area contributed by atoms with E-state index in [0.29, 0.717) is 23.4 Å². The Kier molecular flexibility index (Phi) is 4.72. The van der Waals surface area contributed by atoms with Crippen LogP contribution in [0.4, 0.5) is 10.5 Å². The van der Waals surface area contributed by atoms with E-state index >= 15 is 0 Å². The molecule has 6 heteroatoms. The minimum Gasteiger partial charge on any atom is -0.302 e. The van der Waals surface area contributed by atoms with Crippen LogP contribution < -0.4 is 10.2 Å². The number of para-hydroxylation sites is 1. The molecule has 0 aromatic heterocycles. The number of carbonyl (C=O) groups excluding carboxylic acids is 1. The van der Waals surface area contributed by atoms with Gasteiger partial charge in [0.15, 0.2) is 0 Å². The molecule has 0 atom stereocenters. The fourth-order valence-corrected chi connectivity index (χ4v) is 3.39. The Bertz CT molecular complexity index is 729. The molecule has 1 fully saturated rings. The first-order valence-corrected chi connectivity index (χ1v) is 8.46. The van der Waals surface area contributed by atoms with Crippen LogP contribution in [0.1, 0.15) is 19.4 Å². The molecule has 0 spiro atoms. The van der Waals surface area contributed by atoms with E-state index in [-0.39, 0.29) is 6.03 Å². The van der Waals surface area contributed by atoms with Crippen molar-refractivity contribution in [1.29, 1.82) is 0 Å². The molecular formula is C18H19Cl2N3O. The lowest BCUT2D eigenvalue weighted by molar-refractivity contribution is 0.119. The fraction of sp³-hybridized carbons (Fsp3) is 0.278. The average Bonchev–Trinajstić information content (AvgIpc) is 2.55. The molecule has 2 aromatic carbocycles. The minimum absolute atomic E-state index is 0.0546. The maximum atomic E-state index is 13.1. The quantitative estimate of drug-likeness (QED) is 0.859. The molecule has 3 rings (SSSR count). The Morgan fingerprint density at radius 3 is 2.25 bits per heavy atom. The molecule has 0 unspecified atom stereocenters. The Balaban J connectivity index is 1.94. The van der Waals surface area contributed by atoms with Crippen molar-refractivity contribution in [1.82, 2.24) is 10.2 Å². The van der Waals surface area contributed by atoms with Crippen LogP contribution in [0.25, 0.3) is 0 Å². The lowest BCUT2D eigenvalue weighted by atomic mass is 9.92. The van der Waals surface area contributed by atoms with Gasteiger partial charge in [-0.05, 0) is 49.7 Å². The summed E-state index contributed by atoms with van der Waals surface area (Å²) in [4.78, 5) is 16.6. The van der Waals surface area contributed by atoms with E-state index < -0.39 is 5.54 Å². The molecule has 0 saturated carbocycles. The lowest BCUT2D eigenvalue weighted by Crippen LogP contribution is -2.61. The second-order valence-corrected chi connectivity index (χ2v) is 7.13. The third-order valence-electron chi connectivity index (χ3n) is 4.31. The zero-order valence-electron chi connectivity index (χ0n) is 13.6. The van der Waals surface area contributed by atoms with Gasteiger partial charge >= 0.3 is 6.03 Å². The smallest absolute Gasteiger partial charge is 0.302 e. The van der Waals surface area contributed by atoms with Crippen molar-refractivity contribution in [3.05, 3.63) is 64.1 Å². The molecule has 1 aliphatic rings. The van der Waals surface area contributed by atoms with Crippen LogP contribution in [0.3, 0.4) is 0 Å². The second-order valence-electron chi connectivity index (χ2n) is 6.26. The van der Waals surface area contributed by atoms with E-state index in [4.69, 9.17) is 23.2 Å². The van der Waals surface area contributed by atoms with Crippen molar-refractivity contribution in [2.75, 3.05) is 18.2 Å². The Morgan fingerprint density at radius 1 is 1.00 bits per heavy atom. The Hall–Kier alpha value is -1.75. The van der Waals surface area contributed by atoms with E-state index in [1.165, 1.54) is 0 Å². The van der Waals surface area contributed by atoms with Gasteiger partial charge in [0, 0.05) is 15.7 Å². The highest BCUT2D eigenvalue weighted by atomic mass is 35.5. The van der Waals surface area contributed by atoms with Gasteiger partial charge in [-0.1, -0.05) is 41.4 Å². The van der Waals surface area contributed by atoms with Crippen molar-refractivity contribution < 1.29 is 4.79 Å². The number of nitrogens with zero attached hydrogens (tertiary/aromatic N) is 2. The predicted molar refractivity (Wildman–Crippen MR) is 98.5 cm³/mol. The molecule has 24 heavy (non-hydrogen) atoms. The fourth-order valence-electron chi connectivity index (χ4n) is 2.86. The number of anilines is 1. The molecular weight excluding hydrogens is 345 g/mol. The number of carbonyl (C=O) groups is 1. The summed E-state index contributed by atoms with van der Waals surface area (Å²) < 4.78 is 0. The third kappa shape index (κ3) is 3.22. The van der Waals surface area contributed by atoms with Crippen LogP contribution in [0.5, 0.6) is 0 Å². The van der Waals surface area contributed by atoms with Gasteiger partial charge < -0.3 is 4.90 Å². The first-order valence-electron chi connectivity index (χ1n) is 7.71. The number of hydrogen-bond acceptors (Lipinski definition) is 2. The summed E-state index contributed by atoms with van der Waals surface area (Å²) >= 11 is 12.3. The number of hydrogen-bond donors (Lipinski definition) is 1. The van der Waals surface area contributed by atoms with Gasteiger partial charge in [0.2, 0.25) is 0 Å². The first kappa shape index (κ1) is 17.1. The monoisotopic (exact) mass is 363 g/mol. The lowest BCUT2D eigenvalue weighted by Gasteiger charge is -2.45. The van der Waals surface area contributed by atoms with Crippen LogP contribution in [0.15, 0.2) is 48.5 Å². The normalized spacial score (nSPS) is 15.8. The molecule has 2 aromatic rings. The SMILES string of the molecule is CC(C)(c1cc(Cl)cc(Cl)c1)N1CNCN(c2ccccc2)C1=O. The largest absolute Gasteiger partial charge is 0.327 e. The van der Waals surface area contributed by atoms with Crippen LogP contribution in [0, 0.1) is 0 Å². The maximum absolute atomic E-state index is 13.1. The summed E-state index contributed by atoms with van der Waals surface area (Å²) in [5, 5.41) is 4.40. The van der Waals surface area contributed by atoms with Crippen molar-refractivity contribution in [3.63, 3.8) is 0 Å². The number of urea groups is 1. The van der Waals surface area contributed by atoms with Gasteiger partial charge in [0.25, 0.3) is 0 Å². The van der Waals surface area contributed by atoms with Crippen LogP contribution in [-0.4, -0.2) is 24.3 Å². The summed E-state index contributed by atoms with van der Waals surface area (Å²) in [6.07, 6.45) is 0. The molecule has 1 N–H and O–H groups in total. The van der Waals surface area contributed by atoms with Gasteiger partial charge in [-0.3, -0.25) is 10.2 Å². The van der Waals surface area contributed by atoms with Crippen LogP contribution in [0.2, 0.25) is 10.0 Å². The van der Waals surface area contributed by atoms with Gasteiger partial charge in [-0.15, -0.1) is 0 Å². The number of rotatable bonds is 3. The molecule has 2 amide bonds. The number of amides is 2. The Labute approximate surface area is 152 Å². The van der Waals surface area contributed by atoms with Crippen molar-refractivity contribution >= 4 is 34.9 Å². The van der Waals surface area contributed by atoms with Gasteiger partial charge in [-0.2, -0.15) is 0 Å². The summed E-state index contributed by atoms with van der Waals surface area (Å²) in [7, 11) is 0. The highest BCUT2D eigenvalue weighted by molar-refractivity contribution is 6.34. The highest BCUT2D eigenvalue weighted by Crippen LogP contribution is 2.33. The summed E-state index contributed by atoms with van der Waals surface area (Å²) in [6.45, 7) is 4.91. The predicted octanol–water partition coefficient (Wildman–Crippen LogP) is 4.68. The van der Waals surface area contributed by atoms with Gasteiger partial charge in [0.1, 0.15) is 0 Å². The Morgan fingerprint density at radius 2 is 1.62 bits per heavy atom.